The largest absolute Gasteiger partial charge is 0.296 e. The maximum atomic E-state index is 12.7. The highest BCUT2D eigenvalue weighted by Gasteiger charge is 2.28. The van der Waals surface area contributed by atoms with Crippen LogP contribution in [0.15, 0.2) is 47.4 Å². The van der Waals surface area contributed by atoms with Gasteiger partial charge in [-0.05, 0) is 42.0 Å². The summed E-state index contributed by atoms with van der Waals surface area (Å²) in [5, 5.41) is 1.58. The average Bonchev–Trinajstić information content (AvgIpc) is 2.59. The third kappa shape index (κ3) is 4.48. The second-order valence-electron chi connectivity index (χ2n) is 5.88. The molecule has 1 fully saturated rings. The van der Waals surface area contributed by atoms with Crippen LogP contribution in [0.4, 0.5) is 0 Å². The minimum atomic E-state index is -3.48. The molecule has 0 radical (unpaired) electrons. The maximum Gasteiger partial charge on any atom is 0.243 e. The van der Waals surface area contributed by atoms with Crippen molar-refractivity contribution in [2.24, 2.45) is 0 Å². The standard InChI is InChI=1S/C17H17Cl3N2O2S/c18-14-2-4-15(5-3-14)25(23,24)22-9-7-21(8-10-22)12-13-1-6-16(19)17(20)11-13/h1-6,11H,7-10,12H2. The van der Waals surface area contributed by atoms with Crippen molar-refractivity contribution in [1.82, 2.24) is 9.21 Å². The normalized spacial score (nSPS) is 16.9. The molecule has 1 saturated heterocycles. The summed E-state index contributed by atoms with van der Waals surface area (Å²) in [5.41, 5.74) is 1.06. The van der Waals surface area contributed by atoms with Gasteiger partial charge in [0.2, 0.25) is 10.0 Å². The monoisotopic (exact) mass is 418 g/mol. The summed E-state index contributed by atoms with van der Waals surface area (Å²) in [4.78, 5) is 2.47. The highest BCUT2D eigenvalue weighted by molar-refractivity contribution is 7.89. The molecule has 8 heteroatoms. The molecule has 4 nitrogen and oxygen atoms in total. The molecule has 3 rings (SSSR count). The average molecular weight is 420 g/mol. The molecular formula is C17H17Cl3N2O2S. The lowest BCUT2D eigenvalue weighted by Crippen LogP contribution is -2.48. The highest BCUT2D eigenvalue weighted by Crippen LogP contribution is 2.24. The van der Waals surface area contributed by atoms with Gasteiger partial charge in [0.25, 0.3) is 0 Å². The molecule has 2 aromatic rings. The number of benzene rings is 2. The Morgan fingerprint density at radius 2 is 1.48 bits per heavy atom. The molecule has 0 aliphatic carbocycles. The minimum absolute atomic E-state index is 0.273. The first-order valence-corrected chi connectivity index (χ1v) is 10.4. The summed E-state index contributed by atoms with van der Waals surface area (Å²) in [5.74, 6) is 0. The fraction of sp³-hybridized carbons (Fsp3) is 0.294. The molecule has 134 valence electrons. The lowest BCUT2D eigenvalue weighted by molar-refractivity contribution is 0.181. The van der Waals surface area contributed by atoms with Crippen LogP contribution >= 0.6 is 34.8 Å². The lowest BCUT2D eigenvalue weighted by Gasteiger charge is -2.34. The molecule has 0 amide bonds. The van der Waals surface area contributed by atoms with E-state index in [1.165, 1.54) is 4.31 Å². The number of hydrogen-bond donors (Lipinski definition) is 0. The summed E-state index contributed by atoms with van der Waals surface area (Å²) < 4.78 is 26.9. The van der Waals surface area contributed by atoms with E-state index in [0.29, 0.717) is 47.8 Å². The van der Waals surface area contributed by atoms with Crippen molar-refractivity contribution in [3.05, 3.63) is 63.1 Å². The van der Waals surface area contributed by atoms with Crippen molar-refractivity contribution in [1.29, 1.82) is 0 Å². The molecule has 1 aliphatic heterocycles. The molecule has 2 aromatic carbocycles. The van der Waals surface area contributed by atoms with Crippen LogP contribution in [0.1, 0.15) is 5.56 Å². The molecule has 0 unspecified atom stereocenters. The van der Waals surface area contributed by atoms with Crippen molar-refractivity contribution in [3.63, 3.8) is 0 Å². The van der Waals surface area contributed by atoms with Crippen LogP contribution in [0.2, 0.25) is 15.1 Å². The SMILES string of the molecule is O=S(=O)(c1ccc(Cl)cc1)N1CCN(Cc2ccc(Cl)c(Cl)c2)CC1. The van der Waals surface area contributed by atoms with Crippen LogP contribution in [0.3, 0.4) is 0 Å². The van der Waals surface area contributed by atoms with Crippen LogP contribution in [-0.2, 0) is 16.6 Å². The summed E-state index contributed by atoms with van der Waals surface area (Å²) in [6, 6.07) is 11.8. The van der Waals surface area contributed by atoms with Crippen LogP contribution in [0.5, 0.6) is 0 Å². The van der Waals surface area contributed by atoms with Gasteiger partial charge >= 0.3 is 0 Å². The number of rotatable bonds is 4. The van der Waals surface area contributed by atoms with Gasteiger partial charge in [0.05, 0.1) is 14.9 Å². The van der Waals surface area contributed by atoms with Crippen LogP contribution in [-0.4, -0.2) is 43.8 Å². The first-order valence-electron chi connectivity index (χ1n) is 7.78. The number of halogens is 3. The van der Waals surface area contributed by atoms with E-state index in [-0.39, 0.29) is 4.90 Å². The zero-order chi connectivity index (χ0) is 18.0. The number of nitrogens with zero attached hydrogens (tertiary/aromatic N) is 2. The van der Waals surface area contributed by atoms with E-state index in [1.54, 1.807) is 30.3 Å². The molecule has 0 atom stereocenters. The Labute approximate surface area is 162 Å². The first-order chi connectivity index (χ1) is 11.9. The Kier molecular flexibility index (Phi) is 5.93. The molecule has 0 aromatic heterocycles. The minimum Gasteiger partial charge on any atom is -0.296 e. The van der Waals surface area contributed by atoms with Gasteiger partial charge in [-0.2, -0.15) is 4.31 Å². The van der Waals surface area contributed by atoms with E-state index in [0.717, 1.165) is 5.56 Å². The van der Waals surface area contributed by atoms with Gasteiger partial charge in [-0.15, -0.1) is 0 Å². The van der Waals surface area contributed by atoms with Gasteiger partial charge in [-0.1, -0.05) is 40.9 Å². The van der Waals surface area contributed by atoms with Crippen molar-refractivity contribution >= 4 is 44.8 Å². The third-order valence-corrected chi connectivity index (χ3v) is 7.08. The van der Waals surface area contributed by atoms with Gasteiger partial charge in [0, 0.05) is 37.7 Å². The Morgan fingerprint density at radius 3 is 2.08 bits per heavy atom. The molecule has 0 bridgehead atoms. The zero-order valence-electron chi connectivity index (χ0n) is 13.3. The summed E-state index contributed by atoms with van der Waals surface area (Å²) >= 11 is 17.8. The van der Waals surface area contributed by atoms with E-state index >= 15 is 0 Å². The fourth-order valence-corrected chi connectivity index (χ4v) is 4.65. The quantitative estimate of drug-likeness (QED) is 0.747. The van der Waals surface area contributed by atoms with Crippen molar-refractivity contribution in [2.75, 3.05) is 26.2 Å². The summed E-state index contributed by atoms with van der Waals surface area (Å²) in [6.45, 7) is 2.93. The second kappa shape index (κ2) is 7.82. The van der Waals surface area contributed by atoms with E-state index in [9.17, 15) is 8.42 Å². The Morgan fingerprint density at radius 1 is 0.840 bits per heavy atom. The lowest BCUT2D eigenvalue weighted by atomic mass is 10.2. The molecule has 25 heavy (non-hydrogen) atoms. The maximum absolute atomic E-state index is 12.7. The van der Waals surface area contributed by atoms with Crippen molar-refractivity contribution in [2.45, 2.75) is 11.4 Å². The van der Waals surface area contributed by atoms with Crippen molar-refractivity contribution in [3.8, 4) is 0 Å². The van der Waals surface area contributed by atoms with Crippen LogP contribution in [0.25, 0.3) is 0 Å². The zero-order valence-corrected chi connectivity index (χ0v) is 16.4. The Hall–Kier alpha value is -0.820. The Balaban J connectivity index is 1.63. The molecule has 1 aliphatic rings. The van der Waals surface area contributed by atoms with Gasteiger partial charge in [-0.3, -0.25) is 4.90 Å². The summed E-state index contributed by atoms with van der Waals surface area (Å²) in [7, 11) is -3.48. The topological polar surface area (TPSA) is 40.6 Å². The van der Waals surface area contributed by atoms with E-state index in [2.05, 4.69) is 4.90 Å². The molecule has 1 heterocycles. The number of piperazine rings is 1. The fourth-order valence-electron chi connectivity index (χ4n) is 2.78. The molecular weight excluding hydrogens is 403 g/mol. The van der Waals surface area contributed by atoms with Gasteiger partial charge in [-0.25, -0.2) is 8.42 Å². The molecule has 0 saturated carbocycles. The van der Waals surface area contributed by atoms with Gasteiger partial charge in [0.15, 0.2) is 0 Å². The van der Waals surface area contributed by atoms with E-state index in [1.807, 2.05) is 12.1 Å². The third-order valence-electron chi connectivity index (χ3n) is 4.17. The van der Waals surface area contributed by atoms with Crippen molar-refractivity contribution < 1.29 is 8.42 Å². The van der Waals surface area contributed by atoms with Gasteiger partial charge < -0.3 is 0 Å². The van der Waals surface area contributed by atoms with E-state index in [4.69, 9.17) is 34.8 Å². The summed E-state index contributed by atoms with van der Waals surface area (Å²) in [6.07, 6.45) is 0. The van der Waals surface area contributed by atoms with Crippen LogP contribution in [0, 0.1) is 0 Å². The highest BCUT2D eigenvalue weighted by atomic mass is 35.5. The number of hydrogen-bond acceptors (Lipinski definition) is 3. The first kappa shape index (κ1) is 19.0. The molecule has 0 N–H and O–H groups in total. The van der Waals surface area contributed by atoms with Gasteiger partial charge in [0.1, 0.15) is 0 Å². The second-order valence-corrected chi connectivity index (χ2v) is 9.07. The smallest absolute Gasteiger partial charge is 0.243 e. The number of sulfonamides is 1. The predicted molar refractivity (Wildman–Crippen MR) is 102 cm³/mol. The van der Waals surface area contributed by atoms with Crippen LogP contribution < -0.4 is 0 Å². The molecule has 0 spiro atoms. The Bertz CT molecular complexity index is 849. The predicted octanol–water partition coefficient (Wildman–Crippen LogP) is 4.15. The van der Waals surface area contributed by atoms with E-state index < -0.39 is 10.0 Å².